The molecule has 1 aliphatic heterocycles. The molecule has 0 amide bonds. The van der Waals surface area contributed by atoms with E-state index in [1.54, 1.807) is 0 Å². The summed E-state index contributed by atoms with van der Waals surface area (Å²) in [4.78, 5) is 6.85. The van der Waals surface area contributed by atoms with Crippen LogP contribution in [0, 0.1) is 0 Å². The molecule has 2 N–H and O–H groups in total. The van der Waals surface area contributed by atoms with Gasteiger partial charge in [0.1, 0.15) is 6.17 Å². The standard InChI is InChI=1S/C22H43N3/c1-3-4-5-6-7-8-9-10-11-12-13-14-15-16-17-18-22-24-19-20-25(22)21(2)23/h6-7,19,21-22H,3-5,8-18,20,23H2,1-2H3/b7-6+. The van der Waals surface area contributed by atoms with Crippen molar-refractivity contribution in [2.75, 3.05) is 6.54 Å². The van der Waals surface area contributed by atoms with E-state index in [0.29, 0.717) is 6.17 Å². The molecular weight excluding hydrogens is 306 g/mol. The van der Waals surface area contributed by atoms with Gasteiger partial charge < -0.3 is 5.73 Å². The summed E-state index contributed by atoms with van der Waals surface area (Å²) in [6.07, 6.45) is 26.1. The first kappa shape index (κ1) is 22.4. The fourth-order valence-electron chi connectivity index (χ4n) is 3.53. The average molecular weight is 350 g/mol. The number of hydrogen-bond acceptors (Lipinski definition) is 3. The monoisotopic (exact) mass is 349 g/mol. The molecular formula is C22H43N3. The van der Waals surface area contributed by atoms with Crippen LogP contribution >= 0.6 is 0 Å². The quantitative estimate of drug-likeness (QED) is 0.272. The van der Waals surface area contributed by atoms with Crippen molar-refractivity contribution in [1.82, 2.24) is 4.90 Å². The first-order valence-corrected chi connectivity index (χ1v) is 10.9. The minimum atomic E-state index is 0.124. The summed E-state index contributed by atoms with van der Waals surface area (Å²) in [7, 11) is 0. The lowest BCUT2D eigenvalue weighted by atomic mass is 10.0. The Kier molecular flexibility index (Phi) is 13.9. The second kappa shape index (κ2) is 15.6. The van der Waals surface area contributed by atoms with Gasteiger partial charge >= 0.3 is 0 Å². The summed E-state index contributed by atoms with van der Waals surface area (Å²) in [5, 5.41) is 0. The molecule has 25 heavy (non-hydrogen) atoms. The topological polar surface area (TPSA) is 41.6 Å². The Morgan fingerprint density at radius 2 is 1.52 bits per heavy atom. The normalized spacial score (nSPS) is 19.2. The van der Waals surface area contributed by atoms with E-state index in [-0.39, 0.29) is 6.17 Å². The molecule has 0 radical (unpaired) electrons. The van der Waals surface area contributed by atoms with Crippen LogP contribution < -0.4 is 5.73 Å². The van der Waals surface area contributed by atoms with Crippen LogP contribution in [-0.2, 0) is 0 Å². The molecule has 0 saturated carbocycles. The number of rotatable bonds is 16. The molecule has 1 rings (SSSR count). The Morgan fingerprint density at radius 3 is 2.12 bits per heavy atom. The predicted molar refractivity (Wildman–Crippen MR) is 112 cm³/mol. The minimum absolute atomic E-state index is 0.124. The summed E-state index contributed by atoms with van der Waals surface area (Å²) in [6, 6.07) is 0. The Balaban J connectivity index is 1.80. The Bertz CT molecular complexity index is 349. The van der Waals surface area contributed by atoms with E-state index in [2.05, 4.69) is 35.9 Å². The second-order valence-electron chi connectivity index (χ2n) is 7.62. The maximum atomic E-state index is 5.99. The van der Waals surface area contributed by atoms with Crippen LogP contribution in [0.4, 0.5) is 0 Å². The zero-order valence-corrected chi connectivity index (χ0v) is 17.0. The van der Waals surface area contributed by atoms with Gasteiger partial charge in [-0.1, -0.05) is 76.9 Å². The molecule has 0 spiro atoms. The highest BCUT2D eigenvalue weighted by molar-refractivity contribution is 5.62. The third-order valence-corrected chi connectivity index (χ3v) is 5.20. The van der Waals surface area contributed by atoms with Gasteiger partial charge in [-0.25, -0.2) is 0 Å². The largest absolute Gasteiger partial charge is 0.316 e. The predicted octanol–water partition coefficient (Wildman–Crippen LogP) is 6.04. The molecule has 0 aromatic heterocycles. The number of nitrogens with zero attached hydrogens (tertiary/aromatic N) is 2. The highest BCUT2D eigenvalue weighted by Gasteiger charge is 2.22. The maximum absolute atomic E-state index is 5.99. The molecule has 2 atom stereocenters. The zero-order chi connectivity index (χ0) is 18.2. The van der Waals surface area contributed by atoms with Crippen LogP contribution in [-0.4, -0.2) is 30.0 Å². The molecule has 146 valence electrons. The van der Waals surface area contributed by atoms with Crippen LogP contribution in [0.2, 0.25) is 0 Å². The molecule has 0 aliphatic carbocycles. The summed E-state index contributed by atoms with van der Waals surface area (Å²) in [5.74, 6) is 0. The van der Waals surface area contributed by atoms with Gasteiger partial charge in [-0.15, -0.1) is 0 Å². The van der Waals surface area contributed by atoms with Crippen molar-refractivity contribution in [3.05, 3.63) is 12.2 Å². The summed E-state index contributed by atoms with van der Waals surface area (Å²) >= 11 is 0. The van der Waals surface area contributed by atoms with Crippen LogP contribution in [0.25, 0.3) is 0 Å². The van der Waals surface area contributed by atoms with Crippen molar-refractivity contribution in [2.45, 2.75) is 116 Å². The van der Waals surface area contributed by atoms with Gasteiger partial charge in [0, 0.05) is 12.8 Å². The number of nitrogens with two attached hydrogens (primary N) is 1. The molecule has 3 nitrogen and oxygen atoms in total. The molecule has 3 heteroatoms. The first-order chi connectivity index (χ1) is 12.3. The highest BCUT2D eigenvalue weighted by atomic mass is 15.3. The Labute approximate surface area is 157 Å². The molecule has 0 aromatic carbocycles. The van der Waals surface area contributed by atoms with Gasteiger partial charge in [0.05, 0.1) is 6.17 Å². The fourth-order valence-corrected chi connectivity index (χ4v) is 3.53. The summed E-state index contributed by atoms with van der Waals surface area (Å²) in [6.45, 7) is 5.25. The van der Waals surface area contributed by atoms with E-state index < -0.39 is 0 Å². The minimum Gasteiger partial charge on any atom is -0.316 e. The van der Waals surface area contributed by atoms with Crippen molar-refractivity contribution < 1.29 is 0 Å². The zero-order valence-electron chi connectivity index (χ0n) is 17.0. The fraction of sp³-hybridized carbons (Fsp3) is 0.864. The smallest absolute Gasteiger partial charge is 0.103 e. The van der Waals surface area contributed by atoms with Crippen LogP contribution in [0.15, 0.2) is 17.1 Å². The lowest BCUT2D eigenvalue weighted by Gasteiger charge is -2.26. The summed E-state index contributed by atoms with van der Waals surface area (Å²) in [5.41, 5.74) is 5.99. The van der Waals surface area contributed by atoms with E-state index in [0.717, 1.165) is 6.54 Å². The van der Waals surface area contributed by atoms with Crippen molar-refractivity contribution >= 4 is 6.21 Å². The molecule has 2 unspecified atom stereocenters. The van der Waals surface area contributed by atoms with Crippen LogP contribution in [0.1, 0.15) is 104 Å². The van der Waals surface area contributed by atoms with Crippen molar-refractivity contribution in [2.24, 2.45) is 10.7 Å². The highest BCUT2D eigenvalue weighted by Crippen LogP contribution is 2.17. The van der Waals surface area contributed by atoms with Gasteiger partial charge in [-0.05, 0) is 39.0 Å². The van der Waals surface area contributed by atoms with E-state index >= 15 is 0 Å². The molecule has 0 saturated heterocycles. The SMILES string of the molecule is CCCC/C=C/CCCCCCCCCCCC1N=CCN1C(C)N. The lowest BCUT2D eigenvalue weighted by molar-refractivity contribution is 0.182. The summed E-state index contributed by atoms with van der Waals surface area (Å²) < 4.78 is 0. The molecule has 0 fully saturated rings. The van der Waals surface area contributed by atoms with Gasteiger partial charge in [0.25, 0.3) is 0 Å². The van der Waals surface area contributed by atoms with Crippen molar-refractivity contribution in [3.63, 3.8) is 0 Å². The second-order valence-corrected chi connectivity index (χ2v) is 7.62. The molecule has 0 bridgehead atoms. The van der Waals surface area contributed by atoms with Crippen LogP contribution in [0.5, 0.6) is 0 Å². The van der Waals surface area contributed by atoms with Gasteiger partial charge in [-0.2, -0.15) is 0 Å². The van der Waals surface area contributed by atoms with E-state index in [1.807, 2.05) is 6.21 Å². The van der Waals surface area contributed by atoms with E-state index in [9.17, 15) is 0 Å². The third kappa shape index (κ3) is 11.5. The average Bonchev–Trinajstić information content (AvgIpc) is 3.07. The molecule has 0 aromatic rings. The van der Waals surface area contributed by atoms with Crippen LogP contribution in [0.3, 0.4) is 0 Å². The number of hydrogen-bond donors (Lipinski definition) is 1. The van der Waals surface area contributed by atoms with Gasteiger partial charge in [0.15, 0.2) is 0 Å². The third-order valence-electron chi connectivity index (χ3n) is 5.20. The maximum Gasteiger partial charge on any atom is 0.103 e. The Hall–Kier alpha value is -0.670. The van der Waals surface area contributed by atoms with E-state index in [4.69, 9.17) is 5.73 Å². The number of unbranched alkanes of at least 4 members (excludes halogenated alkanes) is 11. The lowest BCUT2D eigenvalue weighted by Crippen LogP contribution is -2.43. The van der Waals surface area contributed by atoms with Gasteiger partial charge in [-0.3, -0.25) is 9.89 Å². The molecule has 1 heterocycles. The van der Waals surface area contributed by atoms with Gasteiger partial charge in [0.2, 0.25) is 0 Å². The van der Waals surface area contributed by atoms with Crippen molar-refractivity contribution in [1.29, 1.82) is 0 Å². The number of aliphatic imine (C=N–C) groups is 1. The number of allylic oxidation sites excluding steroid dienone is 2. The Morgan fingerprint density at radius 1 is 0.960 bits per heavy atom. The van der Waals surface area contributed by atoms with E-state index in [1.165, 1.54) is 89.9 Å². The molecule has 1 aliphatic rings. The van der Waals surface area contributed by atoms with Crippen molar-refractivity contribution in [3.8, 4) is 0 Å². The first-order valence-electron chi connectivity index (χ1n) is 10.9.